The zero-order valence-corrected chi connectivity index (χ0v) is 12.9. The van der Waals surface area contributed by atoms with Crippen LogP contribution in [0.5, 0.6) is 0 Å². The fraction of sp³-hybridized carbons (Fsp3) is 0.429. The molecule has 0 aromatic carbocycles. The number of nitrogens with zero attached hydrogens (tertiary/aromatic N) is 2. The quantitative estimate of drug-likeness (QED) is 0.831. The number of hydrazine groups is 1. The largest absolute Gasteiger partial charge is 0.280 e. The summed E-state index contributed by atoms with van der Waals surface area (Å²) in [6.07, 6.45) is 2.29. The lowest BCUT2D eigenvalue weighted by Crippen LogP contribution is -2.40. The van der Waals surface area contributed by atoms with E-state index in [9.17, 15) is 9.59 Å². The summed E-state index contributed by atoms with van der Waals surface area (Å²) in [5, 5.41) is 0.942. The number of fused-ring (bicyclic) bond motifs is 1. The van der Waals surface area contributed by atoms with E-state index in [-0.39, 0.29) is 11.8 Å². The second-order valence-corrected chi connectivity index (χ2v) is 6.31. The third kappa shape index (κ3) is 2.61. The highest BCUT2D eigenvalue weighted by molar-refractivity contribution is 7.20. The highest BCUT2D eigenvalue weighted by atomic mass is 32.1. The Balaban J connectivity index is 2.00. The highest BCUT2D eigenvalue weighted by Gasteiger charge is 2.28. The molecule has 0 radical (unpaired) electrons. The standard InChI is InChI=1S/C14H16N4O2S/c1-6-10-7(2)15-12(9-4-5-9)16-14(10)21-11(6)13(20)18-17-8(3)19/h9H,4-5H2,1-3H3,(H,17,19)(H,18,20). The van der Waals surface area contributed by atoms with Crippen LogP contribution in [0.1, 0.15) is 52.4 Å². The molecule has 2 heterocycles. The molecule has 0 spiro atoms. The van der Waals surface area contributed by atoms with Gasteiger partial charge >= 0.3 is 0 Å². The van der Waals surface area contributed by atoms with Crippen molar-refractivity contribution in [2.24, 2.45) is 0 Å². The van der Waals surface area contributed by atoms with E-state index in [4.69, 9.17) is 0 Å². The molecule has 0 saturated heterocycles. The van der Waals surface area contributed by atoms with E-state index in [1.165, 1.54) is 18.3 Å². The third-order valence-corrected chi connectivity index (χ3v) is 4.67. The molecule has 1 aliphatic rings. The van der Waals surface area contributed by atoms with Crippen LogP contribution in [0.25, 0.3) is 10.2 Å². The Hall–Kier alpha value is -2.02. The van der Waals surface area contributed by atoms with Crippen molar-refractivity contribution in [1.82, 2.24) is 20.8 Å². The molecule has 1 saturated carbocycles. The second-order valence-electron chi connectivity index (χ2n) is 5.31. The maximum Gasteiger partial charge on any atom is 0.280 e. The summed E-state index contributed by atoms with van der Waals surface area (Å²) < 4.78 is 0. The topological polar surface area (TPSA) is 84.0 Å². The van der Waals surface area contributed by atoms with Gasteiger partial charge in [-0.1, -0.05) is 0 Å². The molecule has 0 bridgehead atoms. The Morgan fingerprint density at radius 1 is 1.19 bits per heavy atom. The van der Waals surface area contributed by atoms with Gasteiger partial charge in [-0.15, -0.1) is 11.3 Å². The van der Waals surface area contributed by atoms with Crippen LogP contribution in [0.2, 0.25) is 0 Å². The smallest absolute Gasteiger partial charge is 0.274 e. The van der Waals surface area contributed by atoms with Gasteiger partial charge in [-0.3, -0.25) is 20.4 Å². The van der Waals surface area contributed by atoms with Gasteiger partial charge in [0.15, 0.2) is 0 Å². The van der Waals surface area contributed by atoms with Crippen molar-refractivity contribution in [3.63, 3.8) is 0 Å². The molecule has 1 fully saturated rings. The van der Waals surface area contributed by atoms with Crippen LogP contribution in [-0.4, -0.2) is 21.8 Å². The number of amides is 2. The third-order valence-electron chi connectivity index (χ3n) is 3.49. The van der Waals surface area contributed by atoms with Gasteiger partial charge in [-0.25, -0.2) is 9.97 Å². The summed E-state index contributed by atoms with van der Waals surface area (Å²) in [5.74, 6) is 0.731. The van der Waals surface area contributed by atoms with Crippen molar-refractivity contribution in [3.05, 3.63) is 22.0 Å². The van der Waals surface area contributed by atoms with Crippen LogP contribution >= 0.6 is 11.3 Å². The van der Waals surface area contributed by atoms with Crippen molar-refractivity contribution in [2.75, 3.05) is 0 Å². The minimum Gasteiger partial charge on any atom is -0.274 e. The molecule has 0 atom stereocenters. The van der Waals surface area contributed by atoms with Gasteiger partial charge < -0.3 is 0 Å². The first kappa shape index (κ1) is 13.9. The first-order chi connectivity index (χ1) is 9.97. The summed E-state index contributed by atoms with van der Waals surface area (Å²) in [7, 11) is 0. The molecular formula is C14H16N4O2S. The normalized spacial score (nSPS) is 14.2. The van der Waals surface area contributed by atoms with E-state index in [2.05, 4.69) is 20.8 Å². The lowest BCUT2D eigenvalue weighted by Gasteiger charge is -2.04. The van der Waals surface area contributed by atoms with Crippen LogP contribution in [0.3, 0.4) is 0 Å². The van der Waals surface area contributed by atoms with Crippen LogP contribution in [-0.2, 0) is 4.79 Å². The number of carbonyl (C=O) groups excluding carboxylic acids is 2. The van der Waals surface area contributed by atoms with E-state index in [1.54, 1.807) is 0 Å². The first-order valence-corrected chi connectivity index (χ1v) is 7.63. The van der Waals surface area contributed by atoms with Crippen LogP contribution in [0, 0.1) is 13.8 Å². The molecule has 3 rings (SSSR count). The number of aryl methyl sites for hydroxylation is 2. The van der Waals surface area contributed by atoms with Crippen LogP contribution in [0.4, 0.5) is 0 Å². The van der Waals surface area contributed by atoms with Gasteiger partial charge in [0.1, 0.15) is 10.7 Å². The van der Waals surface area contributed by atoms with Crippen molar-refractivity contribution in [2.45, 2.75) is 39.5 Å². The number of carbonyl (C=O) groups is 2. The Kier molecular flexibility index (Phi) is 3.36. The molecule has 7 heteroatoms. The second kappa shape index (κ2) is 5.07. The van der Waals surface area contributed by atoms with Crippen molar-refractivity contribution >= 4 is 33.4 Å². The van der Waals surface area contributed by atoms with Gasteiger partial charge in [-0.05, 0) is 32.3 Å². The molecule has 21 heavy (non-hydrogen) atoms. The fourth-order valence-corrected chi connectivity index (χ4v) is 3.44. The predicted octanol–water partition coefficient (Wildman–Crippen LogP) is 1.97. The number of hydrogen-bond donors (Lipinski definition) is 2. The lowest BCUT2D eigenvalue weighted by atomic mass is 10.1. The van der Waals surface area contributed by atoms with E-state index in [0.29, 0.717) is 10.8 Å². The molecule has 2 amide bonds. The van der Waals surface area contributed by atoms with Crippen LogP contribution < -0.4 is 10.9 Å². The van der Waals surface area contributed by atoms with E-state index < -0.39 is 0 Å². The highest BCUT2D eigenvalue weighted by Crippen LogP contribution is 2.40. The molecule has 1 aliphatic carbocycles. The van der Waals surface area contributed by atoms with Gasteiger partial charge in [0.2, 0.25) is 5.91 Å². The summed E-state index contributed by atoms with van der Waals surface area (Å²) in [5.41, 5.74) is 6.47. The minimum atomic E-state index is -0.321. The van der Waals surface area contributed by atoms with Crippen LogP contribution in [0.15, 0.2) is 0 Å². The number of nitrogens with one attached hydrogen (secondary N) is 2. The average Bonchev–Trinajstić information content (AvgIpc) is 3.21. The zero-order chi connectivity index (χ0) is 15.1. The lowest BCUT2D eigenvalue weighted by molar-refractivity contribution is -0.119. The van der Waals surface area contributed by atoms with Crippen molar-refractivity contribution in [1.29, 1.82) is 0 Å². The number of thiophene rings is 1. The van der Waals surface area contributed by atoms with Crippen molar-refractivity contribution < 1.29 is 9.59 Å². The SMILES string of the molecule is CC(=O)NNC(=O)c1sc2nc(C3CC3)nc(C)c2c1C. The molecule has 0 aliphatic heterocycles. The van der Waals surface area contributed by atoms with E-state index in [1.807, 2.05) is 13.8 Å². The summed E-state index contributed by atoms with van der Waals surface area (Å²) in [6, 6.07) is 0. The first-order valence-electron chi connectivity index (χ1n) is 6.82. The number of rotatable bonds is 2. The molecule has 0 unspecified atom stereocenters. The predicted molar refractivity (Wildman–Crippen MR) is 80.1 cm³/mol. The van der Waals surface area contributed by atoms with Gasteiger partial charge in [-0.2, -0.15) is 0 Å². The zero-order valence-electron chi connectivity index (χ0n) is 12.1. The van der Waals surface area contributed by atoms with Gasteiger partial charge in [0, 0.05) is 18.2 Å². The Morgan fingerprint density at radius 3 is 2.52 bits per heavy atom. The maximum absolute atomic E-state index is 12.1. The molecule has 110 valence electrons. The monoisotopic (exact) mass is 304 g/mol. The molecule has 2 aromatic heterocycles. The molecule has 2 N–H and O–H groups in total. The Bertz CT molecular complexity index is 749. The van der Waals surface area contributed by atoms with E-state index >= 15 is 0 Å². The Labute approximate surface area is 125 Å². The fourth-order valence-electron chi connectivity index (χ4n) is 2.30. The van der Waals surface area contributed by atoms with Gasteiger partial charge in [0.05, 0.1) is 10.6 Å². The minimum absolute atomic E-state index is 0.311. The molecular weight excluding hydrogens is 288 g/mol. The molecule has 6 nitrogen and oxygen atoms in total. The van der Waals surface area contributed by atoms with Crippen molar-refractivity contribution in [3.8, 4) is 0 Å². The molecule has 2 aromatic rings. The van der Waals surface area contributed by atoms with E-state index in [0.717, 1.165) is 40.1 Å². The Morgan fingerprint density at radius 2 is 1.90 bits per heavy atom. The average molecular weight is 304 g/mol. The summed E-state index contributed by atoms with van der Waals surface area (Å²) in [4.78, 5) is 33.6. The van der Waals surface area contributed by atoms with Gasteiger partial charge in [0.25, 0.3) is 5.91 Å². The number of aromatic nitrogens is 2. The summed E-state index contributed by atoms with van der Waals surface area (Å²) in [6.45, 7) is 5.18. The maximum atomic E-state index is 12.1. The number of hydrogen-bond acceptors (Lipinski definition) is 5. The summed E-state index contributed by atoms with van der Waals surface area (Å²) >= 11 is 1.34.